The summed E-state index contributed by atoms with van der Waals surface area (Å²) in [6.45, 7) is 5.68. The molecule has 1 fully saturated rings. The molecule has 462 valence electrons. The fraction of sp³-hybridized carbons (Fsp3) is 0.768. The number of hydrogen-bond acceptors (Lipinski definition) is 10. The van der Waals surface area contributed by atoms with E-state index in [9.17, 15) is 35.1 Å². The second-order valence-corrected chi connectivity index (χ2v) is 22.5. The number of rotatable bonds is 55. The minimum absolute atomic E-state index is 0.122. The number of amides is 1. The van der Waals surface area contributed by atoms with Crippen LogP contribution in [0.3, 0.4) is 0 Å². The Labute approximate surface area is 489 Å². The molecule has 0 spiro atoms. The Balaban J connectivity index is 2.65. The van der Waals surface area contributed by atoms with Crippen molar-refractivity contribution in [2.45, 2.75) is 327 Å². The second-order valence-electron chi connectivity index (χ2n) is 22.5. The fourth-order valence-corrected chi connectivity index (χ4v) is 9.89. The van der Waals surface area contributed by atoms with Crippen LogP contribution in [-0.2, 0) is 23.8 Å². The molecule has 1 rings (SSSR count). The molecule has 0 radical (unpaired) electrons. The maximum atomic E-state index is 13.5. The van der Waals surface area contributed by atoms with Crippen LogP contribution in [-0.4, -0.2) is 99.6 Å². The largest absolute Gasteiger partial charge is 0.454 e. The monoisotopic (exact) mass is 1120 g/mol. The number of carbonyl (C=O) groups excluding carboxylic acids is 2. The molecule has 1 aliphatic heterocycles. The molecular formula is C69H121NO10. The summed E-state index contributed by atoms with van der Waals surface area (Å²) < 4.78 is 17.6. The third-order valence-electron chi connectivity index (χ3n) is 15.1. The molecule has 1 aliphatic rings. The average Bonchev–Trinajstić information content (AvgIpc) is 3.46. The predicted molar refractivity (Wildman–Crippen MR) is 333 cm³/mol. The highest BCUT2D eigenvalue weighted by atomic mass is 16.7. The summed E-state index contributed by atoms with van der Waals surface area (Å²) >= 11 is 0. The lowest BCUT2D eigenvalue weighted by molar-refractivity contribution is -0.305. The minimum atomic E-state index is -1.62. The number of ether oxygens (including phenoxy) is 3. The lowest BCUT2D eigenvalue weighted by Gasteiger charge is -2.41. The summed E-state index contributed by atoms with van der Waals surface area (Å²) in [6.07, 6.45) is 63.3. The first-order chi connectivity index (χ1) is 39.2. The smallest absolute Gasteiger partial charge is 0.306 e. The summed E-state index contributed by atoms with van der Waals surface area (Å²) in [5.74, 6) is -1.21. The van der Waals surface area contributed by atoms with Gasteiger partial charge in [0.25, 0.3) is 0 Å². The number of aliphatic hydroxyl groups excluding tert-OH is 5. The molecule has 8 atom stereocenters. The Bertz CT molecular complexity index is 1620. The molecule has 1 saturated heterocycles. The first-order valence-corrected chi connectivity index (χ1v) is 32.9. The molecule has 8 unspecified atom stereocenters. The quantitative estimate of drug-likeness (QED) is 0.0195. The number of unbranched alkanes of at least 4 members (excludes halogenated alkanes) is 29. The van der Waals surface area contributed by atoms with Gasteiger partial charge in [-0.1, -0.05) is 279 Å². The summed E-state index contributed by atoms with van der Waals surface area (Å²) in [5, 5.41) is 57.1. The summed E-state index contributed by atoms with van der Waals surface area (Å²) in [4.78, 5) is 26.6. The Hall–Kier alpha value is -3.16. The van der Waals surface area contributed by atoms with E-state index in [1.54, 1.807) is 6.08 Å². The maximum Gasteiger partial charge on any atom is 0.306 e. The molecule has 11 nitrogen and oxygen atoms in total. The van der Waals surface area contributed by atoms with Gasteiger partial charge in [0.2, 0.25) is 5.91 Å². The Morgan fingerprint density at radius 3 is 1.35 bits per heavy atom. The molecule has 0 aromatic rings. The van der Waals surface area contributed by atoms with E-state index < -0.39 is 67.4 Å². The predicted octanol–water partition coefficient (Wildman–Crippen LogP) is 16.1. The van der Waals surface area contributed by atoms with Gasteiger partial charge in [-0.05, 0) is 77.0 Å². The van der Waals surface area contributed by atoms with E-state index in [1.807, 2.05) is 6.08 Å². The molecule has 0 aromatic heterocycles. The molecule has 0 aromatic carbocycles. The van der Waals surface area contributed by atoms with Crippen LogP contribution in [0, 0.1) is 0 Å². The average molecular weight is 1120 g/mol. The van der Waals surface area contributed by atoms with Crippen LogP contribution in [0.15, 0.2) is 85.1 Å². The van der Waals surface area contributed by atoms with Crippen molar-refractivity contribution in [2.24, 2.45) is 0 Å². The van der Waals surface area contributed by atoms with Crippen LogP contribution in [0.1, 0.15) is 278 Å². The maximum absolute atomic E-state index is 13.5. The number of carbonyl (C=O) groups is 2. The van der Waals surface area contributed by atoms with E-state index >= 15 is 0 Å². The second kappa shape index (κ2) is 56.3. The van der Waals surface area contributed by atoms with Crippen molar-refractivity contribution in [1.82, 2.24) is 5.32 Å². The molecule has 0 bridgehead atoms. The van der Waals surface area contributed by atoms with Crippen LogP contribution in [0.5, 0.6) is 0 Å². The zero-order chi connectivity index (χ0) is 58.2. The fourth-order valence-electron chi connectivity index (χ4n) is 9.89. The van der Waals surface area contributed by atoms with Crippen LogP contribution in [0.2, 0.25) is 0 Å². The van der Waals surface area contributed by atoms with E-state index in [-0.39, 0.29) is 19.4 Å². The third kappa shape index (κ3) is 43.5. The highest BCUT2D eigenvalue weighted by Gasteiger charge is 2.47. The van der Waals surface area contributed by atoms with Crippen molar-refractivity contribution < 1.29 is 49.3 Å². The van der Waals surface area contributed by atoms with Crippen molar-refractivity contribution in [3.05, 3.63) is 85.1 Å². The number of aliphatic hydroxyl groups is 5. The van der Waals surface area contributed by atoms with Gasteiger partial charge in [-0.3, -0.25) is 9.59 Å². The van der Waals surface area contributed by atoms with Crippen LogP contribution >= 0.6 is 0 Å². The molecule has 11 heteroatoms. The van der Waals surface area contributed by atoms with Gasteiger partial charge in [0.1, 0.15) is 24.4 Å². The Morgan fingerprint density at radius 1 is 0.500 bits per heavy atom. The zero-order valence-corrected chi connectivity index (χ0v) is 51.2. The van der Waals surface area contributed by atoms with E-state index in [0.717, 1.165) is 109 Å². The molecule has 0 aliphatic carbocycles. The van der Waals surface area contributed by atoms with Crippen molar-refractivity contribution >= 4 is 11.9 Å². The van der Waals surface area contributed by atoms with Gasteiger partial charge >= 0.3 is 5.97 Å². The summed E-state index contributed by atoms with van der Waals surface area (Å²) in [7, 11) is 0. The summed E-state index contributed by atoms with van der Waals surface area (Å²) in [6, 6.07) is -1.04. The molecule has 1 amide bonds. The molecule has 6 N–H and O–H groups in total. The Morgan fingerprint density at radius 2 is 0.900 bits per heavy atom. The van der Waals surface area contributed by atoms with Crippen LogP contribution < -0.4 is 5.32 Å². The first kappa shape index (κ1) is 74.9. The van der Waals surface area contributed by atoms with Gasteiger partial charge in [-0.25, -0.2) is 0 Å². The minimum Gasteiger partial charge on any atom is -0.454 e. The molecular weight excluding hydrogens is 1000 g/mol. The first-order valence-electron chi connectivity index (χ1n) is 32.9. The zero-order valence-electron chi connectivity index (χ0n) is 51.2. The Kier molecular flexibility index (Phi) is 52.7. The van der Waals surface area contributed by atoms with Crippen molar-refractivity contribution in [2.75, 3.05) is 13.2 Å². The van der Waals surface area contributed by atoms with Gasteiger partial charge < -0.3 is 45.1 Å². The standard InChI is InChI=1S/C69H121NO10/c1-4-7-10-13-16-19-22-25-27-28-29-30-31-32-33-34-35-37-38-41-44-47-50-53-56-62(73)68(77)70-60(61(72)55-52-49-46-43-40-24-21-18-15-12-9-6-3)59-78-69-67(66(76)65(75)63(58-71)79-69)80-64(74)57-54-51-48-45-42-39-36-26-23-20-17-14-11-8-5-2/h7,10,16,19,25,27,29-30,32-33,35,37,52,55,60-63,65-67,69,71-73,75-76H,4-6,8-9,11-15,17-18,20-24,26,28,31,34,36,38-51,53-54,56-59H2,1-3H3,(H,70,77)/b10-7-,19-16-,27-25-,30-29-,33-32-,37-35-,55-52+. The van der Waals surface area contributed by atoms with Crippen molar-refractivity contribution in [3.63, 3.8) is 0 Å². The molecule has 0 saturated carbocycles. The normalized spacial score (nSPS) is 19.3. The van der Waals surface area contributed by atoms with Crippen molar-refractivity contribution in [3.8, 4) is 0 Å². The lowest BCUT2D eigenvalue weighted by Crippen LogP contribution is -2.61. The van der Waals surface area contributed by atoms with Crippen LogP contribution in [0.4, 0.5) is 0 Å². The summed E-state index contributed by atoms with van der Waals surface area (Å²) in [5.41, 5.74) is 0. The van der Waals surface area contributed by atoms with E-state index in [2.05, 4.69) is 99.0 Å². The third-order valence-corrected chi connectivity index (χ3v) is 15.1. The van der Waals surface area contributed by atoms with Gasteiger partial charge in [0.05, 0.1) is 25.4 Å². The highest BCUT2D eigenvalue weighted by Crippen LogP contribution is 2.26. The van der Waals surface area contributed by atoms with E-state index in [1.165, 1.54) is 122 Å². The number of esters is 1. The van der Waals surface area contributed by atoms with Gasteiger partial charge in [-0.15, -0.1) is 0 Å². The molecule has 80 heavy (non-hydrogen) atoms. The number of hydrogen-bond donors (Lipinski definition) is 6. The van der Waals surface area contributed by atoms with Crippen LogP contribution in [0.25, 0.3) is 0 Å². The number of allylic oxidation sites excluding steroid dienone is 13. The van der Waals surface area contributed by atoms with Crippen molar-refractivity contribution in [1.29, 1.82) is 0 Å². The van der Waals surface area contributed by atoms with E-state index in [0.29, 0.717) is 12.8 Å². The topological polar surface area (TPSA) is 175 Å². The molecule has 1 heterocycles. The lowest BCUT2D eigenvalue weighted by atomic mass is 9.99. The highest BCUT2D eigenvalue weighted by molar-refractivity contribution is 5.80. The van der Waals surface area contributed by atoms with E-state index in [4.69, 9.17) is 14.2 Å². The van der Waals surface area contributed by atoms with Gasteiger partial charge in [-0.2, -0.15) is 0 Å². The van der Waals surface area contributed by atoms with Gasteiger partial charge in [0.15, 0.2) is 12.4 Å². The number of nitrogens with one attached hydrogen (secondary N) is 1. The SMILES string of the molecule is CC/C=C\C/C=C\C/C=C\C/C=C\C/C=C\C/C=C\CCCCCCCC(O)C(=O)NC(COC1OC(CO)C(O)C(O)C1OC(=O)CCCCCCCCCCCCCCCCC)C(O)/C=C/CCCCCCCCCCCC. The van der Waals surface area contributed by atoms with Gasteiger partial charge in [0, 0.05) is 6.42 Å².